The molecule has 0 fully saturated rings. The normalized spacial score (nSPS) is 12.5. The van der Waals surface area contributed by atoms with Crippen LogP contribution in [-0.4, -0.2) is 52.2 Å². The minimum Gasteiger partial charge on any atom is -0.480 e. The predicted molar refractivity (Wildman–Crippen MR) is 232 cm³/mol. The lowest BCUT2D eigenvalue weighted by Crippen LogP contribution is -2.41. The number of pyridine rings is 2. The second-order valence-corrected chi connectivity index (χ2v) is 15.1. The van der Waals surface area contributed by atoms with Gasteiger partial charge in [-0.05, 0) is 101 Å². The monoisotopic (exact) mass is 782 g/mol. The summed E-state index contributed by atoms with van der Waals surface area (Å²) < 4.78 is 5.54. The summed E-state index contributed by atoms with van der Waals surface area (Å²) in [4.78, 5) is 46.6. The number of nitrogens with zero attached hydrogens (tertiary/aromatic N) is 2. The fraction of sp³-hybridized carbons (Fsp3) is 0.220. The third kappa shape index (κ3) is 8.84. The van der Waals surface area contributed by atoms with E-state index in [1.54, 1.807) is 0 Å². The molecule has 2 heterocycles. The number of alkyl carbamates (subject to hydrolysis) is 1. The molecule has 1 atom stereocenters. The zero-order valence-electron chi connectivity index (χ0n) is 32.8. The Balaban J connectivity index is 0.748. The SMILES string of the molecule is O=C(CCCCc1ccc(-c2ccnc3c2ccc2c(-c4ccccc4)ccnc23)cc1)NCCCC[C@H](NC(=O)OCC1c2ccccc2-c2ccccc21)C(=O)O. The van der Waals surface area contributed by atoms with Gasteiger partial charge in [0.2, 0.25) is 5.91 Å². The molecular formula is C50H46N4O5. The number of ether oxygens (including phenoxy) is 1. The number of unbranched alkanes of at least 4 members (excludes halogenated alkanes) is 2. The average molecular weight is 783 g/mol. The molecular weight excluding hydrogens is 737 g/mol. The van der Waals surface area contributed by atoms with Crippen molar-refractivity contribution in [2.45, 2.75) is 56.9 Å². The Morgan fingerprint density at radius 2 is 1.22 bits per heavy atom. The summed E-state index contributed by atoms with van der Waals surface area (Å²) in [5, 5.41) is 17.3. The first-order valence-electron chi connectivity index (χ1n) is 20.4. The van der Waals surface area contributed by atoms with Crippen molar-refractivity contribution in [3.63, 3.8) is 0 Å². The first kappa shape index (κ1) is 39.0. The molecule has 0 bridgehead atoms. The summed E-state index contributed by atoms with van der Waals surface area (Å²) in [6.07, 6.45) is 7.25. The van der Waals surface area contributed by atoms with Gasteiger partial charge in [0.1, 0.15) is 12.6 Å². The number of amides is 2. The molecule has 1 aliphatic carbocycles. The maximum absolute atomic E-state index is 12.7. The summed E-state index contributed by atoms with van der Waals surface area (Å²) in [7, 11) is 0. The molecule has 8 rings (SSSR count). The number of rotatable bonds is 16. The number of carbonyl (C=O) groups is 3. The van der Waals surface area contributed by atoms with Gasteiger partial charge in [-0.25, -0.2) is 9.59 Å². The van der Waals surface area contributed by atoms with Crippen LogP contribution in [0.3, 0.4) is 0 Å². The lowest BCUT2D eigenvalue weighted by molar-refractivity contribution is -0.139. The van der Waals surface area contributed by atoms with E-state index < -0.39 is 18.1 Å². The average Bonchev–Trinajstić information content (AvgIpc) is 3.60. The van der Waals surface area contributed by atoms with Crippen molar-refractivity contribution in [1.82, 2.24) is 20.6 Å². The Morgan fingerprint density at radius 3 is 1.85 bits per heavy atom. The van der Waals surface area contributed by atoms with Crippen molar-refractivity contribution in [3.8, 4) is 33.4 Å². The number of hydrogen-bond donors (Lipinski definition) is 3. The molecule has 5 aromatic carbocycles. The summed E-state index contributed by atoms with van der Waals surface area (Å²) in [6.45, 7) is 0.559. The summed E-state index contributed by atoms with van der Waals surface area (Å²) in [5.41, 5.74) is 11.9. The van der Waals surface area contributed by atoms with Crippen molar-refractivity contribution in [3.05, 3.63) is 156 Å². The number of fused-ring (bicyclic) bond motifs is 6. The fourth-order valence-corrected chi connectivity index (χ4v) is 8.24. The van der Waals surface area contributed by atoms with Gasteiger partial charge in [-0.3, -0.25) is 14.8 Å². The molecule has 0 saturated carbocycles. The van der Waals surface area contributed by atoms with Gasteiger partial charge >= 0.3 is 12.1 Å². The number of aromatic nitrogens is 2. The smallest absolute Gasteiger partial charge is 0.407 e. The minimum atomic E-state index is -1.12. The molecule has 0 unspecified atom stereocenters. The molecule has 7 aromatic rings. The lowest BCUT2D eigenvalue weighted by atomic mass is 9.96. The Kier molecular flexibility index (Phi) is 12.0. The summed E-state index contributed by atoms with van der Waals surface area (Å²) in [5.74, 6) is -1.25. The topological polar surface area (TPSA) is 131 Å². The van der Waals surface area contributed by atoms with Gasteiger partial charge in [-0.15, -0.1) is 0 Å². The Bertz CT molecular complexity index is 2560. The highest BCUT2D eigenvalue weighted by Gasteiger charge is 2.29. The highest BCUT2D eigenvalue weighted by atomic mass is 16.5. The van der Waals surface area contributed by atoms with Gasteiger partial charge in [0.15, 0.2) is 0 Å². The molecule has 0 spiro atoms. The van der Waals surface area contributed by atoms with Crippen molar-refractivity contribution in [2.75, 3.05) is 13.2 Å². The molecule has 1 aliphatic rings. The Morgan fingerprint density at radius 1 is 0.627 bits per heavy atom. The zero-order chi connectivity index (χ0) is 40.6. The van der Waals surface area contributed by atoms with E-state index in [4.69, 9.17) is 14.7 Å². The highest BCUT2D eigenvalue weighted by molar-refractivity contribution is 6.11. The van der Waals surface area contributed by atoms with Crippen LogP contribution in [0.25, 0.3) is 55.2 Å². The van der Waals surface area contributed by atoms with Crippen LogP contribution < -0.4 is 10.6 Å². The largest absolute Gasteiger partial charge is 0.480 e. The van der Waals surface area contributed by atoms with Crippen LogP contribution in [0.2, 0.25) is 0 Å². The number of carbonyl (C=O) groups excluding carboxylic acids is 2. The molecule has 9 heteroatoms. The van der Waals surface area contributed by atoms with E-state index in [1.165, 1.54) is 5.56 Å². The van der Waals surface area contributed by atoms with E-state index in [2.05, 4.69) is 83.4 Å². The number of hydrogen-bond acceptors (Lipinski definition) is 6. The molecule has 296 valence electrons. The first-order chi connectivity index (χ1) is 28.9. The third-order valence-corrected chi connectivity index (χ3v) is 11.3. The summed E-state index contributed by atoms with van der Waals surface area (Å²) in [6, 6.07) is 42.4. The van der Waals surface area contributed by atoms with Crippen LogP contribution in [0.5, 0.6) is 0 Å². The molecule has 0 aliphatic heterocycles. The van der Waals surface area contributed by atoms with Crippen LogP contribution in [0.1, 0.15) is 61.1 Å². The van der Waals surface area contributed by atoms with Gasteiger partial charge in [0, 0.05) is 42.0 Å². The fourth-order valence-electron chi connectivity index (χ4n) is 8.24. The van der Waals surface area contributed by atoms with Crippen molar-refractivity contribution in [2.24, 2.45) is 0 Å². The number of aliphatic carboxylic acids is 1. The van der Waals surface area contributed by atoms with E-state index in [-0.39, 0.29) is 24.9 Å². The standard InChI is InChI=1S/C50H46N4O5/c55-46(51-29-11-10-19-45(49(56)57)54-50(58)59-32-44-40-17-7-5-15-38(40)39-16-6-8-18-41(39)44)20-9-4-12-33-21-23-35(24-22-33)37-28-31-53-48-43(37)26-25-42-36(27-30-52-47(42)48)34-13-2-1-3-14-34/h1-3,5-8,13-18,21-28,30-31,44-45H,4,9-12,19-20,29,32H2,(H,51,55)(H,54,58)(H,56,57)/t45-/m0/s1. The second-order valence-electron chi connectivity index (χ2n) is 15.1. The van der Waals surface area contributed by atoms with Crippen molar-refractivity contribution in [1.29, 1.82) is 0 Å². The molecule has 0 radical (unpaired) electrons. The van der Waals surface area contributed by atoms with Crippen molar-refractivity contribution >= 4 is 39.8 Å². The van der Waals surface area contributed by atoms with E-state index >= 15 is 0 Å². The number of carboxylic acid groups (broad SMARTS) is 1. The van der Waals surface area contributed by atoms with Gasteiger partial charge in [-0.2, -0.15) is 0 Å². The van der Waals surface area contributed by atoms with Gasteiger partial charge < -0.3 is 20.5 Å². The molecule has 59 heavy (non-hydrogen) atoms. The van der Waals surface area contributed by atoms with Gasteiger partial charge in [0.05, 0.1) is 11.0 Å². The van der Waals surface area contributed by atoms with E-state index in [1.807, 2.05) is 67.0 Å². The quantitative estimate of drug-likeness (QED) is 0.0657. The van der Waals surface area contributed by atoms with Gasteiger partial charge in [0.25, 0.3) is 0 Å². The summed E-state index contributed by atoms with van der Waals surface area (Å²) >= 11 is 0. The van der Waals surface area contributed by atoms with Crippen LogP contribution in [0.15, 0.2) is 140 Å². The van der Waals surface area contributed by atoms with Gasteiger partial charge in [-0.1, -0.05) is 115 Å². The van der Waals surface area contributed by atoms with Crippen LogP contribution in [-0.2, 0) is 20.7 Å². The number of carboxylic acids is 1. The molecule has 0 saturated heterocycles. The van der Waals surface area contributed by atoms with E-state index in [0.29, 0.717) is 25.8 Å². The van der Waals surface area contributed by atoms with Crippen molar-refractivity contribution < 1.29 is 24.2 Å². The lowest BCUT2D eigenvalue weighted by Gasteiger charge is -2.17. The molecule has 2 amide bonds. The Hall–Kier alpha value is -6.87. The second kappa shape index (κ2) is 18.2. The predicted octanol–water partition coefficient (Wildman–Crippen LogP) is 10.1. The molecule has 3 N–H and O–H groups in total. The Labute approximate surface area is 343 Å². The first-order valence-corrected chi connectivity index (χ1v) is 20.4. The van der Waals surface area contributed by atoms with Crippen LogP contribution in [0, 0.1) is 0 Å². The molecule has 2 aromatic heterocycles. The number of benzene rings is 5. The van der Waals surface area contributed by atoms with Crippen LogP contribution >= 0.6 is 0 Å². The number of nitrogens with one attached hydrogen (secondary N) is 2. The maximum Gasteiger partial charge on any atom is 0.407 e. The third-order valence-electron chi connectivity index (χ3n) is 11.3. The van der Waals surface area contributed by atoms with E-state index in [9.17, 15) is 19.5 Å². The minimum absolute atomic E-state index is 0.0191. The molecule has 9 nitrogen and oxygen atoms in total. The maximum atomic E-state index is 12.7. The van der Waals surface area contributed by atoms with E-state index in [0.717, 1.165) is 85.6 Å². The zero-order valence-corrected chi connectivity index (χ0v) is 32.8. The van der Waals surface area contributed by atoms with Crippen LogP contribution in [0.4, 0.5) is 4.79 Å². The highest BCUT2D eigenvalue weighted by Crippen LogP contribution is 2.44. The number of aryl methyl sites for hydroxylation is 1.